The molecule has 0 bridgehead atoms. The average Bonchev–Trinajstić information content (AvgIpc) is 2.42. The van der Waals surface area contributed by atoms with E-state index >= 15 is 0 Å². The lowest BCUT2D eigenvalue weighted by Gasteiger charge is -2.44. The minimum atomic E-state index is -2.79. The maximum absolute atomic E-state index is 12.6. The number of hydrogen-bond donors (Lipinski definition) is 2. The number of ketones is 2. The van der Waals surface area contributed by atoms with Crippen molar-refractivity contribution in [2.45, 2.75) is 51.5 Å². The molecule has 0 amide bonds. The van der Waals surface area contributed by atoms with Gasteiger partial charge in [0.15, 0.2) is 0 Å². The molecule has 120 valence electrons. The molecular weight excluding hydrogens is 288 g/mol. The van der Waals surface area contributed by atoms with Gasteiger partial charge in [0.2, 0.25) is 11.6 Å². The zero-order chi connectivity index (χ0) is 16.7. The second-order valence-electron chi connectivity index (χ2n) is 5.83. The van der Waals surface area contributed by atoms with E-state index in [4.69, 9.17) is 9.47 Å². The number of benzene rings is 1. The van der Waals surface area contributed by atoms with Crippen molar-refractivity contribution in [1.29, 1.82) is 0 Å². The fraction of sp³-hybridized carbons (Fsp3) is 0.500. The average molecular weight is 308 g/mol. The third-order valence-electron chi connectivity index (χ3n) is 3.30. The van der Waals surface area contributed by atoms with Crippen LogP contribution in [0.25, 0.3) is 0 Å². The Kier molecular flexibility index (Phi) is 4.23. The Hall–Kier alpha value is -1.60. The van der Waals surface area contributed by atoms with Crippen LogP contribution in [-0.2, 0) is 9.47 Å². The van der Waals surface area contributed by atoms with Crippen LogP contribution < -0.4 is 0 Å². The third-order valence-corrected chi connectivity index (χ3v) is 3.30. The minimum Gasteiger partial charge on any atom is -0.355 e. The number of Topliss-reactive ketones (excluding diaryl/α,β-unsaturated/α-hetero) is 2. The molecule has 2 atom stereocenters. The topological polar surface area (TPSA) is 93.1 Å². The van der Waals surface area contributed by atoms with E-state index in [0.717, 1.165) is 0 Å². The number of carbonyl (C=O) groups is 2. The van der Waals surface area contributed by atoms with E-state index in [2.05, 4.69) is 0 Å². The van der Waals surface area contributed by atoms with E-state index in [1.54, 1.807) is 39.8 Å². The molecule has 22 heavy (non-hydrogen) atoms. The van der Waals surface area contributed by atoms with Gasteiger partial charge in [0.05, 0.1) is 12.2 Å². The summed E-state index contributed by atoms with van der Waals surface area (Å²) < 4.78 is 10.5. The number of rotatable bonds is 4. The SMILES string of the molecule is CC(C)OC1(O)C(=O)c2ccccc2C(=O)C1(O)OC(C)C. The van der Waals surface area contributed by atoms with Crippen LogP contribution in [0.1, 0.15) is 48.4 Å². The molecule has 2 unspecified atom stereocenters. The highest BCUT2D eigenvalue weighted by Crippen LogP contribution is 2.39. The van der Waals surface area contributed by atoms with Gasteiger partial charge in [-0.1, -0.05) is 24.3 Å². The Bertz CT molecular complexity index is 555. The van der Waals surface area contributed by atoms with E-state index < -0.39 is 35.3 Å². The van der Waals surface area contributed by atoms with Crippen molar-refractivity contribution in [3.05, 3.63) is 35.4 Å². The number of aliphatic hydroxyl groups is 2. The lowest BCUT2D eigenvalue weighted by atomic mass is 9.80. The molecule has 6 nitrogen and oxygen atoms in total. The summed E-state index contributed by atoms with van der Waals surface area (Å²) in [4.78, 5) is 25.3. The van der Waals surface area contributed by atoms with Crippen molar-refractivity contribution in [1.82, 2.24) is 0 Å². The van der Waals surface area contributed by atoms with E-state index in [1.165, 1.54) is 12.1 Å². The molecule has 0 spiro atoms. The van der Waals surface area contributed by atoms with Gasteiger partial charge < -0.3 is 19.7 Å². The molecule has 0 saturated heterocycles. The van der Waals surface area contributed by atoms with Crippen LogP contribution in [0.2, 0.25) is 0 Å². The van der Waals surface area contributed by atoms with Crippen molar-refractivity contribution in [3.63, 3.8) is 0 Å². The quantitative estimate of drug-likeness (QED) is 0.814. The molecule has 2 N–H and O–H groups in total. The Labute approximate surface area is 128 Å². The first-order valence-corrected chi connectivity index (χ1v) is 7.12. The molecule has 0 aromatic heterocycles. The van der Waals surface area contributed by atoms with Gasteiger partial charge in [0.1, 0.15) is 0 Å². The van der Waals surface area contributed by atoms with E-state index in [1.807, 2.05) is 0 Å². The molecular formula is C16H20O6. The van der Waals surface area contributed by atoms with Crippen LogP contribution in [0, 0.1) is 0 Å². The predicted molar refractivity (Wildman–Crippen MR) is 77.4 cm³/mol. The first-order chi connectivity index (χ1) is 10.1. The molecule has 1 aliphatic carbocycles. The Morgan fingerprint density at radius 2 is 1.14 bits per heavy atom. The summed E-state index contributed by atoms with van der Waals surface area (Å²) in [6.45, 7) is 6.30. The van der Waals surface area contributed by atoms with Gasteiger partial charge >= 0.3 is 0 Å². The summed E-state index contributed by atoms with van der Waals surface area (Å²) >= 11 is 0. The number of ether oxygens (including phenoxy) is 2. The molecule has 1 aromatic carbocycles. The number of fused-ring (bicyclic) bond motifs is 1. The first kappa shape index (κ1) is 16.8. The summed E-state index contributed by atoms with van der Waals surface area (Å²) in [7, 11) is 0. The van der Waals surface area contributed by atoms with Crippen molar-refractivity contribution in [2.75, 3.05) is 0 Å². The van der Waals surface area contributed by atoms with Gasteiger partial charge in [-0.05, 0) is 27.7 Å². The van der Waals surface area contributed by atoms with Gasteiger partial charge in [-0.15, -0.1) is 0 Å². The molecule has 0 heterocycles. The lowest BCUT2D eigenvalue weighted by molar-refractivity contribution is -0.348. The maximum Gasteiger partial charge on any atom is 0.295 e. The second-order valence-corrected chi connectivity index (χ2v) is 5.83. The molecule has 6 heteroatoms. The van der Waals surface area contributed by atoms with Crippen LogP contribution in [0.5, 0.6) is 0 Å². The molecule has 1 aliphatic rings. The normalized spacial score (nSPS) is 28.4. The zero-order valence-electron chi connectivity index (χ0n) is 13.0. The summed E-state index contributed by atoms with van der Waals surface area (Å²) in [6, 6.07) is 5.93. The highest BCUT2D eigenvalue weighted by molar-refractivity contribution is 6.20. The van der Waals surface area contributed by atoms with Crippen molar-refractivity contribution in [2.24, 2.45) is 0 Å². The largest absolute Gasteiger partial charge is 0.355 e. The van der Waals surface area contributed by atoms with Gasteiger partial charge in [-0.3, -0.25) is 9.59 Å². The Morgan fingerprint density at radius 1 is 0.818 bits per heavy atom. The fourth-order valence-electron chi connectivity index (χ4n) is 2.50. The highest BCUT2D eigenvalue weighted by atomic mass is 16.7. The summed E-state index contributed by atoms with van der Waals surface area (Å²) in [5.74, 6) is -7.40. The third kappa shape index (κ3) is 2.38. The van der Waals surface area contributed by atoms with E-state index in [0.29, 0.717) is 0 Å². The maximum atomic E-state index is 12.6. The lowest BCUT2D eigenvalue weighted by Crippen LogP contribution is -2.70. The van der Waals surface area contributed by atoms with Crippen LogP contribution in [0.3, 0.4) is 0 Å². The summed E-state index contributed by atoms with van der Waals surface area (Å²) in [5, 5.41) is 21.5. The van der Waals surface area contributed by atoms with Crippen molar-refractivity contribution < 1.29 is 29.3 Å². The van der Waals surface area contributed by atoms with Gasteiger partial charge in [0.25, 0.3) is 11.6 Å². The first-order valence-electron chi connectivity index (χ1n) is 7.12. The van der Waals surface area contributed by atoms with Crippen LogP contribution in [0.4, 0.5) is 0 Å². The van der Waals surface area contributed by atoms with Crippen molar-refractivity contribution in [3.8, 4) is 0 Å². The minimum absolute atomic E-state index is 0.00678. The van der Waals surface area contributed by atoms with Gasteiger partial charge in [0, 0.05) is 11.1 Å². The summed E-state index contributed by atoms with van der Waals surface area (Å²) in [5.41, 5.74) is -0.0136. The number of hydrogen-bond acceptors (Lipinski definition) is 6. The van der Waals surface area contributed by atoms with Gasteiger partial charge in [-0.2, -0.15) is 0 Å². The monoisotopic (exact) mass is 308 g/mol. The Balaban J connectivity index is 2.68. The number of carbonyl (C=O) groups excluding carboxylic acids is 2. The molecule has 2 rings (SSSR count). The predicted octanol–water partition coefficient (Wildman–Crippen LogP) is 1.29. The van der Waals surface area contributed by atoms with Crippen LogP contribution >= 0.6 is 0 Å². The zero-order valence-corrected chi connectivity index (χ0v) is 13.0. The highest BCUT2D eigenvalue weighted by Gasteiger charge is 2.67. The fourth-order valence-corrected chi connectivity index (χ4v) is 2.50. The van der Waals surface area contributed by atoms with E-state index in [-0.39, 0.29) is 11.1 Å². The van der Waals surface area contributed by atoms with Gasteiger partial charge in [-0.25, -0.2) is 0 Å². The smallest absolute Gasteiger partial charge is 0.295 e. The van der Waals surface area contributed by atoms with Crippen LogP contribution in [-0.4, -0.2) is 45.6 Å². The molecule has 0 aliphatic heterocycles. The van der Waals surface area contributed by atoms with Crippen LogP contribution in [0.15, 0.2) is 24.3 Å². The van der Waals surface area contributed by atoms with E-state index in [9.17, 15) is 19.8 Å². The van der Waals surface area contributed by atoms with Crippen molar-refractivity contribution >= 4 is 11.6 Å². The molecule has 0 radical (unpaired) electrons. The molecule has 0 fully saturated rings. The summed E-state index contributed by atoms with van der Waals surface area (Å²) in [6.07, 6.45) is -1.23. The Morgan fingerprint density at radius 3 is 1.41 bits per heavy atom. The standard InChI is InChI=1S/C16H20O6/c1-9(2)21-15(19)13(17)11-7-5-6-8-12(11)14(18)16(15,20)22-10(3)4/h5-10,19-20H,1-4H3. The molecule has 1 aromatic rings. The second kappa shape index (κ2) is 5.55. The molecule has 0 saturated carbocycles.